The van der Waals surface area contributed by atoms with Crippen molar-refractivity contribution in [2.45, 2.75) is 19.1 Å². The molecule has 12 heavy (non-hydrogen) atoms. The first-order chi connectivity index (χ1) is 5.74. The van der Waals surface area contributed by atoms with Gasteiger partial charge >= 0.3 is 0 Å². The Hall–Kier alpha value is -0.160. The molecule has 3 N–H and O–H groups in total. The van der Waals surface area contributed by atoms with Crippen molar-refractivity contribution in [3.8, 4) is 0 Å². The Balaban J connectivity index is 2.61. The maximum Gasteiger partial charge on any atom is 0.0888 e. The Kier molecular flexibility index (Phi) is 3.46. The van der Waals surface area contributed by atoms with Crippen molar-refractivity contribution in [1.29, 1.82) is 0 Å². The van der Waals surface area contributed by atoms with Gasteiger partial charge in [0.05, 0.1) is 6.17 Å². The fraction of sp³-hybridized carbons (Fsp3) is 1.00. The van der Waals surface area contributed by atoms with Crippen LogP contribution in [0.5, 0.6) is 0 Å². The van der Waals surface area contributed by atoms with Crippen LogP contribution in [-0.4, -0.2) is 44.9 Å². The Bertz CT molecular complexity index is 139. The fourth-order valence-electron chi connectivity index (χ4n) is 2.05. The van der Waals surface area contributed by atoms with E-state index < -0.39 is 0 Å². The van der Waals surface area contributed by atoms with Crippen molar-refractivity contribution in [2.24, 2.45) is 5.92 Å². The van der Waals surface area contributed by atoms with Crippen LogP contribution < -0.4 is 16.1 Å². The molecule has 1 aliphatic heterocycles. The van der Waals surface area contributed by atoms with Gasteiger partial charge in [-0.15, -0.1) is 0 Å². The lowest BCUT2D eigenvalue weighted by atomic mass is 10.1. The third-order valence-corrected chi connectivity index (χ3v) is 2.69. The van der Waals surface area contributed by atoms with Gasteiger partial charge in [-0.1, -0.05) is 6.92 Å². The Morgan fingerprint density at radius 3 is 2.25 bits per heavy atom. The number of nitrogens with one attached hydrogen (secondary N) is 3. The molecule has 4 nitrogen and oxygen atoms in total. The van der Waals surface area contributed by atoms with E-state index in [0.717, 1.165) is 6.54 Å². The van der Waals surface area contributed by atoms with Crippen LogP contribution in [0.3, 0.4) is 0 Å². The van der Waals surface area contributed by atoms with Crippen molar-refractivity contribution < 1.29 is 0 Å². The van der Waals surface area contributed by atoms with Crippen LogP contribution in [0.1, 0.15) is 6.92 Å². The number of likely N-dealkylation sites (N-methyl/N-ethyl adjacent to an activating group) is 2. The molecule has 0 aliphatic carbocycles. The zero-order valence-corrected chi connectivity index (χ0v) is 8.39. The molecule has 0 bridgehead atoms. The van der Waals surface area contributed by atoms with E-state index in [1.807, 2.05) is 21.1 Å². The minimum absolute atomic E-state index is 0.398. The predicted molar refractivity (Wildman–Crippen MR) is 50.6 cm³/mol. The first-order valence-corrected chi connectivity index (χ1v) is 4.53. The van der Waals surface area contributed by atoms with Gasteiger partial charge < -0.3 is 10.6 Å². The third kappa shape index (κ3) is 1.61. The van der Waals surface area contributed by atoms with Gasteiger partial charge in [0, 0.05) is 12.6 Å². The smallest absolute Gasteiger partial charge is 0.0888 e. The van der Waals surface area contributed by atoms with E-state index in [9.17, 15) is 0 Å². The molecule has 3 atom stereocenters. The van der Waals surface area contributed by atoms with Crippen molar-refractivity contribution in [1.82, 2.24) is 21.1 Å². The highest BCUT2D eigenvalue weighted by Gasteiger charge is 2.36. The fourth-order valence-corrected chi connectivity index (χ4v) is 2.05. The van der Waals surface area contributed by atoms with Gasteiger partial charge in [0.15, 0.2) is 0 Å². The summed E-state index contributed by atoms with van der Waals surface area (Å²) in [6.07, 6.45) is 0.398. The maximum atomic E-state index is 3.33. The second-order valence-electron chi connectivity index (χ2n) is 3.40. The zero-order chi connectivity index (χ0) is 9.14. The quantitative estimate of drug-likeness (QED) is 0.521. The maximum absolute atomic E-state index is 3.33. The minimum Gasteiger partial charge on any atom is -0.314 e. The number of hydrogen-bond donors (Lipinski definition) is 3. The second-order valence-corrected chi connectivity index (χ2v) is 3.40. The van der Waals surface area contributed by atoms with Gasteiger partial charge in [0.1, 0.15) is 0 Å². The minimum atomic E-state index is 0.398. The van der Waals surface area contributed by atoms with Crippen molar-refractivity contribution in [3.05, 3.63) is 0 Å². The average Bonchev–Trinajstić information content (AvgIpc) is 2.40. The summed E-state index contributed by atoms with van der Waals surface area (Å²) >= 11 is 0. The molecule has 1 rings (SSSR count). The third-order valence-electron chi connectivity index (χ3n) is 2.69. The van der Waals surface area contributed by atoms with Gasteiger partial charge in [-0.05, 0) is 27.1 Å². The molecule has 0 aromatic carbocycles. The van der Waals surface area contributed by atoms with E-state index >= 15 is 0 Å². The van der Waals surface area contributed by atoms with Crippen LogP contribution in [0.4, 0.5) is 0 Å². The number of hydrazine groups is 1. The molecule has 1 aliphatic rings. The van der Waals surface area contributed by atoms with Crippen LogP contribution in [0.15, 0.2) is 0 Å². The molecule has 0 aromatic rings. The van der Waals surface area contributed by atoms with Crippen LogP contribution in [-0.2, 0) is 0 Å². The Labute approximate surface area is 74.7 Å². The van der Waals surface area contributed by atoms with E-state index in [2.05, 4.69) is 28.0 Å². The molecule has 0 saturated carbocycles. The first kappa shape index (κ1) is 9.92. The predicted octanol–water partition coefficient (Wildman–Crippen LogP) is -0.794. The monoisotopic (exact) mass is 172 g/mol. The van der Waals surface area contributed by atoms with E-state index in [0.29, 0.717) is 18.1 Å². The van der Waals surface area contributed by atoms with Gasteiger partial charge in [0.25, 0.3) is 0 Å². The molecular formula is C8H20N4. The van der Waals surface area contributed by atoms with Crippen molar-refractivity contribution in [3.63, 3.8) is 0 Å². The summed E-state index contributed by atoms with van der Waals surface area (Å²) in [7, 11) is 5.98. The van der Waals surface area contributed by atoms with E-state index in [-0.39, 0.29) is 0 Å². The van der Waals surface area contributed by atoms with E-state index in [1.165, 1.54) is 0 Å². The van der Waals surface area contributed by atoms with E-state index in [4.69, 9.17) is 0 Å². The first-order valence-electron chi connectivity index (χ1n) is 4.53. The summed E-state index contributed by atoms with van der Waals surface area (Å²) < 4.78 is 0. The van der Waals surface area contributed by atoms with Gasteiger partial charge in [-0.25, -0.2) is 5.01 Å². The molecule has 3 unspecified atom stereocenters. The highest BCUT2D eigenvalue weighted by Crippen LogP contribution is 2.18. The summed E-state index contributed by atoms with van der Waals surface area (Å²) in [6, 6.07) is 0.530. The van der Waals surface area contributed by atoms with Crippen molar-refractivity contribution >= 4 is 0 Å². The summed E-state index contributed by atoms with van der Waals surface area (Å²) in [5, 5.41) is 8.86. The molecule has 1 heterocycles. The second kappa shape index (κ2) is 4.18. The normalized spacial score (nSPS) is 37.5. The standard InChI is InChI=1S/C8H20N4/c1-6-5-12(11-4)8(10-3)7(6)9-2/h6-11H,5H2,1-4H3. The molecule has 0 aromatic heterocycles. The van der Waals surface area contributed by atoms with Gasteiger partial charge in [-0.2, -0.15) is 0 Å². The average molecular weight is 172 g/mol. The van der Waals surface area contributed by atoms with Gasteiger partial charge in [-0.3, -0.25) is 5.43 Å². The topological polar surface area (TPSA) is 39.3 Å². The molecule has 1 saturated heterocycles. The highest BCUT2D eigenvalue weighted by atomic mass is 15.6. The summed E-state index contributed by atoms with van der Waals surface area (Å²) in [5.74, 6) is 0.680. The number of nitrogens with zero attached hydrogens (tertiary/aromatic N) is 1. The van der Waals surface area contributed by atoms with Crippen LogP contribution in [0.2, 0.25) is 0 Å². The summed E-state index contributed by atoms with van der Waals surface area (Å²) in [6.45, 7) is 3.36. The molecular weight excluding hydrogens is 152 g/mol. The molecule has 0 radical (unpaired) electrons. The van der Waals surface area contributed by atoms with Crippen LogP contribution >= 0.6 is 0 Å². The summed E-state index contributed by atoms with van der Waals surface area (Å²) in [5.41, 5.74) is 3.19. The molecule has 4 heteroatoms. The highest BCUT2D eigenvalue weighted by molar-refractivity contribution is 4.91. The SMILES string of the molecule is CNC1C(C)CN(NC)C1NC. The largest absolute Gasteiger partial charge is 0.314 e. The molecule has 1 fully saturated rings. The van der Waals surface area contributed by atoms with Crippen LogP contribution in [0, 0.1) is 5.92 Å². The van der Waals surface area contributed by atoms with Crippen molar-refractivity contribution in [2.75, 3.05) is 27.7 Å². The summed E-state index contributed by atoms with van der Waals surface area (Å²) in [4.78, 5) is 0. The van der Waals surface area contributed by atoms with Gasteiger partial charge in [0.2, 0.25) is 0 Å². The molecule has 0 spiro atoms. The lowest BCUT2D eigenvalue weighted by Gasteiger charge is -2.26. The van der Waals surface area contributed by atoms with Crippen LogP contribution in [0.25, 0.3) is 0 Å². The Morgan fingerprint density at radius 1 is 1.17 bits per heavy atom. The zero-order valence-electron chi connectivity index (χ0n) is 8.39. The Morgan fingerprint density at radius 2 is 1.83 bits per heavy atom. The molecule has 72 valence electrons. The lowest BCUT2D eigenvalue weighted by Crippen LogP contribution is -2.53. The number of hydrogen-bond acceptors (Lipinski definition) is 4. The van der Waals surface area contributed by atoms with E-state index in [1.54, 1.807) is 0 Å². The number of rotatable bonds is 3. The lowest BCUT2D eigenvalue weighted by molar-refractivity contribution is 0.155. The molecule has 0 amide bonds.